The predicted molar refractivity (Wildman–Crippen MR) is 72.7 cm³/mol. The summed E-state index contributed by atoms with van der Waals surface area (Å²) in [6.45, 7) is 0. The maximum absolute atomic E-state index is 13.7. The van der Waals surface area contributed by atoms with Crippen LogP contribution < -0.4 is 4.72 Å². The van der Waals surface area contributed by atoms with Crippen molar-refractivity contribution >= 4 is 26.0 Å². The Hall–Kier alpha value is -0.500. The van der Waals surface area contributed by atoms with Crippen LogP contribution in [0, 0.1) is 5.82 Å². The molecule has 1 aromatic carbocycles. The summed E-state index contributed by atoms with van der Waals surface area (Å²) >= 11 is 3.08. The summed E-state index contributed by atoms with van der Waals surface area (Å²) in [6, 6.07) is 3.24. The number of nitrogens with one attached hydrogen (secondary N) is 1. The summed E-state index contributed by atoms with van der Waals surface area (Å²) in [7, 11) is -3.95. The van der Waals surface area contributed by atoms with Crippen molar-refractivity contribution in [1.82, 2.24) is 4.72 Å². The first-order chi connectivity index (χ1) is 8.90. The Kier molecular flexibility index (Phi) is 4.60. The SMILES string of the molecule is O=S(=O)(NC1CCCCC1O)c1ccc(Br)cc1F. The summed E-state index contributed by atoms with van der Waals surface area (Å²) in [4.78, 5) is -0.395. The lowest BCUT2D eigenvalue weighted by atomic mass is 9.93. The number of sulfonamides is 1. The van der Waals surface area contributed by atoms with E-state index in [1.807, 2.05) is 0 Å². The van der Waals surface area contributed by atoms with Crippen LogP contribution in [0.4, 0.5) is 4.39 Å². The van der Waals surface area contributed by atoms with Crippen molar-refractivity contribution in [3.8, 4) is 0 Å². The topological polar surface area (TPSA) is 66.4 Å². The van der Waals surface area contributed by atoms with Crippen LogP contribution in [0.3, 0.4) is 0 Å². The van der Waals surface area contributed by atoms with Crippen LogP contribution in [-0.4, -0.2) is 25.7 Å². The van der Waals surface area contributed by atoms with Crippen LogP contribution >= 0.6 is 15.9 Å². The monoisotopic (exact) mass is 351 g/mol. The summed E-state index contributed by atoms with van der Waals surface area (Å²) in [5.41, 5.74) is 0. The second-order valence-corrected chi connectivity index (χ2v) is 7.25. The maximum atomic E-state index is 13.7. The van der Waals surface area contributed by atoms with Gasteiger partial charge >= 0.3 is 0 Å². The second kappa shape index (κ2) is 5.87. The maximum Gasteiger partial charge on any atom is 0.243 e. The summed E-state index contributed by atoms with van der Waals surface area (Å²) in [5.74, 6) is -0.813. The lowest BCUT2D eigenvalue weighted by Gasteiger charge is -2.28. The van der Waals surface area contributed by atoms with E-state index >= 15 is 0 Å². The molecule has 1 aromatic rings. The molecule has 0 aromatic heterocycles. The van der Waals surface area contributed by atoms with E-state index in [9.17, 15) is 17.9 Å². The quantitative estimate of drug-likeness (QED) is 0.876. The average Bonchev–Trinajstić information content (AvgIpc) is 2.31. The molecule has 0 heterocycles. The standard InChI is InChI=1S/C12H15BrFNO3S/c13-8-5-6-12(9(14)7-8)19(17,18)15-10-3-1-2-4-11(10)16/h5-7,10-11,15-16H,1-4H2. The molecular weight excluding hydrogens is 337 g/mol. The normalized spacial score (nSPS) is 24.4. The second-order valence-electron chi connectivity index (χ2n) is 4.65. The van der Waals surface area contributed by atoms with Crippen molar-refractivity contribution in [1.29, 1.82) is 0 Å². The van der Waals surface area contributed by atoms with Crippen LogP contribution in [0.2, 0.25) is 0 Å². The number of benzene rings is 1. The van der Waals surface area contributed by atoms with Gasteiger partial charge in [-0.2, -0.15) is 0 Å². The molecule has 19 heavy (non-hydrogen) atoms. The van der Waals surface area contributed by atoms with Crippen molar-refractivity contribution in [3.63, 3.8) is 0 Å². The highest BCUT2D eigenvalue weighted by molar-refractivity contribution is 9.10. The molecule has 2 atom stereocenters. The van der Waals surface area contributed by atoms with Gasteiger partial charge in [0.15, 0.2) is 0 Å². The van der Waals surface area contributed by atoms with E-state index in [4.69, 9.17) is 0 Å². The molecule has 106 valence electrons. The zero-order valence-electron chi connectivity index (χ0n) is 10.1. The first-order valence-corrected chi connectivity index (χ1v) is 8.33. The Morgan fingerprint density at radius 3 is 2.63 bits per heavy atom. The lowest BCUT2D eigenvalue weighted by Crippen LogP contribution is -2.45. The fourth-order valence-electron chi connectivity index (χ4n) is 2.20. The summed E-state index contributed by atoms with van der Waals surface area (Å²) < 4.78 is 40.7. The largest absolute Gasteiger partial charge is 0.391 e. The Labute approximate surface area is 120 Å². The summed E-state index contributed by atoms with van der Waals surface area (Å²) in [6.07, 6.45) is 2.16. The molecular formula is C12H15BrFNO3S. The molecule has 0 saturated heterocycles. The molecule has 7 heteroatoms. The molecule has 4 nitrogen and oxygen atoms in total. The van der Waals surface area contributed by atoms with Crippen molar-refractivity contribution in [3.05, 3.63) is 28.5 Å². The average molecular weight is 352 g/mol. The molecule has 2 rings (SSSR count). The number of hydrogen-bond acceptors (Lipinski definition) is 3. The molecule has 0 aliphatic heterocycles. The lowest BCUT2D eigenvalue weighted by molar-refractivity contribution is 0.101. The molecule has 0 spiro atoms. The predicted octanol–water partition coefficient (Wildman–Crippen LogP) is 2.17. The van der Waals surface area contributed by atoms with Gasteiger partial charge in [0.1, 0.15) is 10.7 Å². The van der Waals surface area contributed by atoms with E-state index in [1.165, 1.54) is 12.1 Å². The molecule has 1 fully saturated rings. The molecule has 2 N–H and O–H groups in total. The first-order valence-electron chi connectivity index (χ1n) is 6.05. The minimum Gasteiger partial charge on any atom is -0.391 e. The van der Waals surface area contributed by atoms with Crippen LogP contribution in [0.15, 0.2) is 27.6 Å². The minimum atomic E-state index is -3.95. The Bertz CT molecular complexity index is 564. The van der Waals surface area contributed by atoms with Gasteiger partial charge in [-0.3, -0.25) is 0 Å². The molecule has 1 aliphatic rings. The molecule has 0 radical (unpaired) electrons. The van der Waals surface area contributed by atoms with Crippen molar-refractivity contribution in [2.75, 3.05) is 0 Å². The van der Waals surface area contributed by atoms with Crippen LogP contribution in [0.1, 0.15) is 25.7 Å². The van der Waals surface area contributed by atoms with E-state index in [0.717, 1.165) is 18.9 Å². The van der Waals surface area contributed by atoms with E-state index in [2.05, 4.69) is 20.7 Å². The number of aliphatic hydroxyl groups is 1. The van der Waals surface area contributed by atoms with Crippen LogP contribution in [0.25, 0.3) is 0 Å². The Morgan fingerprint density at radius 1 is 1.32 bits per heavy atom. The zero-order chi connectivity index (χ0) is 14.0. The van der Waals surface area contributed by atoms with Gasteiger partial charge in [0, 0.05) is 10.5 Å². The third kappa shape index (κ3) is 3.53. The van der Waals surface area contributed by atoms with Crippen molar-refractivity contribution in [2.24, 2.45) is 0 Å². The smallest absolute Gasteiger partial charge is 0.243 e. The molecule has 0 bridgehead atoms. The minimum absolute atomic E-state index is 0.395. The Morgan fingerprint density at radius 2 is 2.00 bits per heavy atom. The number of hydrogen-bond donors (Lipinski definition) is 2. The van der Waals surface area contributed by atoms with Crippen LogP contribution in [-0.2, 0) is 10.0 Å². The Balaban J connectivity index is 2.22. The molecule has 1 saturated carbocycles. The third-order valence-corrected chi connectivity index (χ3v) is 5.24. The zero-order valence-corrected chi connectivity index (χ0v) is 12.5. The highest BCUT2D eigenvalue weighted by Crippen LogP contribution is 2.23. The number of rotatable bonds is 3. The van der Waals surface area contributed by atoms with Gasteiger partial charge < -0.3 is 5.11 Å². The van der Waals surface area contributed by atoms with E-state index in [-0.39, 0.29) is 0 Å². The highest BCUT2D eigenvalue weighted by atomic mass is 79.9. The van der Waals surface area contributed by atoms with Crippen molar-refractivity contribution in [2.45, 2.75) is 42.7 Å². The van der Waals surface area contributed by atoms with E-state index in [0.29, 0.717) is 17.3 Å². The van der Waals surface area contributed by atoms with Gasteiger partial charge in [0.25, 0.3) is 0 Å². The van der Waals surface area contributed by atoms with Gasteiger partial charge in [-0.05, 0) is 31.0 Å². The molecule has 1 aliphatic carbocycles. The number of aliphatic hydroxyl groups excluding tert-OH is 1. The fourth-order valence-corrected chi connectivity index (χ4v) is 3.90. The third-order valence-electron chi connectivity index (χ3n) is 3.22. The first kappa shape index (κ1) is 14.9. The number of halogens is 2. The van der Waals surface area contributed by atoms with Gasteiger partial charge in [0.2, 0.25) is 10.0 Å². The van der Waals surface area contributed by atoms with Gasteiger partial charge in [-0.15, -0.1) is 0 Å². The van der Waals surface area contributed by atoms with E-state index in [1.54, 1.807) is 0 Å². The van der Waals surface area contributed by atoms with E-state index < -0.39 is 32.9 Å². The van der Waals surface area contributed by atoms with Gasteiger partial charge in [0.05, 0.1) is 6.10 Å². The summed E-state index contributed by atoms with van der Waals surface area (Å²) in [5, 5.41) is 9.76. The van der Waals surface area contributed by atoms with Gasteiger partial charge in [-0.25, -0.2) is 17.5 Å². The fraction of sp³-hybridized carbons (Fsp3) is 0.500. The highest BCUT2D eigenvalue weighted by Gasteiger charge is 2.29. The van der Waals surface area contributed by atoms with Crippen LogP contribution in [0.5, 0.6) is 0 Å². The molecule has 0 amide bonds. The van der Waals surface area contributed by atoms with Crippen molar-refractivity contribution < 1.29 is 17.9 Å². The molecule has 2 unspecified atom stereocenters. The van der Waals surface area contributed by atoms with Gasteiger partial charge in [-0.1, -0.05) is 28.8 Å².